The Morgan fingerprint density at radius 2 is 2.14 bits per heavy atom. The lowest BCUT2D eigenvalue weighted by molar-refractivity contribution is -0.115. The van der Waals surface area contributed by atoms with Crippen LogP contribution in [0.15, 0.2) is 29.3 Å². The fourth-order valence-electron chi connectivity index (χ4n) is 4.50. The number of pyridine rings is 1. The molecule has 35 heavy (non-hydrogen) atoms. The van der Waals surface area contributed by atoms with Crippen molar-refractivity contribution in [3.63, 3.8) is 0 Å². The molecule has 0 fully saturated rings. The van der Waals surface area contributed by atoms with Gasteiger partial charge in [-0.15, -0.1) is 0 Å². The third-order valence-corrected chi connectivity index (χ3v) is 9.53. The lowest BCUT2D eigenvalue weighted by Crippen LogP contribution is -2.29. The van der Waals surface area contributed by atoms with Gasteiger partial charge < -0.3 is 10.1 Å². The van der Waals surface area contributed by atoms with E-state index in [1.165, 1.54) is 28.7 Å². The van der Waals surface area contributed by atoms with Crippen molar-refractivity contribution in [2.75, 3.05) is 12.4 Å². The number of fused-ring (bicyclic) bond motifs is 2. The van der Waals surface area contributed by atoms with Crippen LogP contribution in [0.5, 0.6) is 5.75 Å². The SMILES string of the molecule is CCC(Sc1nc2c(cc1C#N)CC(C(C)(C)CC)CC2)C(=O)Nc1nc2ccc(OC)cc2s1. The second-order valence-corrected chi connectivity index (χ2v) is 11.9. The molecule has 3 aromatic rings. The number of nitrogens with zero attached hydrogens (tertiary/aromatic N) is 3. The molecule has 184 valence electrons. The summed E-state index contributed by atoms with van der Waals surface area (Å²) in [5.41, 5.74) is 3.91. The van der Waals surface area contributed by atoms with Crippen molar-refractivity contribution < 1.29 is 9.53 Å². The number of nitriles is 1. The largest absolute Gasteiger partial charge is 0.497 e. The number of aromatic nitrogens is 2. The molecule has 0 bridgehead atoms. The third-order valence-electron chi connectivity index (χ3n) is 7.23. The topological polar surface area (TPSA) is 87.9 Å². The lowest BCUT2D eigenvalue weighted by atomic mass is 9.69. The fourth-order valence-corrected chi connectivity index (χ4v) is 6.39. The standard InChI is InChI=1S/C27H32N4O2S2/c1-6-22(24(32)31-26-30-21-11-9-19(33-5)14-23(21)35-26)34-25-17(15-28)12-16-13-18(27(3,4)7-2)8-10-20(16)29-25/h9,11-12,14,18,22H,6-8,10,13H2,1-5H3,(H,30,31,32). The van der Waals surface area contributed by atoms with Gasteiger partial charge in [-0.2, -0.15) is 5.26 Å². The van der Waals surface area contributed by atoms with Crippen LogP contribution in [-0.2, 0) is 17.6 Å². The number of carbonyl (C=O) groups excluding carboxylic acids is 1. The normalized spacial score (nSPS) is 16.4. The molecular weight excluding hydrogens is 476 g/mol. The van der Waals surface area contributed by atoms with Crippen molar-refractivity contribution >= 4 is 44.4 Å². The predicted molar refractivity (Wildman–Crippen MR) is 143 cm³/mol. The monoisotopic (exact) mass is 508 g/mol. The van der Waals surface area contributed by atoms with Crippen LogP contribution in [-0.4, -0.2) is 28.2 Å². The Morgan fingerprint density at radius 1 is 1.34 bits per heavy atom. The lowest BCUT2D eigenvalue weighted by Gasteiger charge is -2.37. The van der Waals surface area contributed by atoms with Crippen LogP contribution in [0.2, 0.25) is 0 Å². The molecule has 1 aliphatic carbocycles. The van der Waals surface area contributed by atoms with Gasteiger partial charge in [-0.05, 0) is 66.8 Å². The number of hydrogen-bond donors (Lipinski definition) is 1. The number of nitrogens with one attached hydrogen (secondary N) is 1. The number of hydrogen-bond acceptors (Lipinski definition) is 7. The number of aryl methyl sites for hydroxylation is 1. The number of methoxy groups -OCH3 is 1. The molecule has 1 amide bonds. The maximum absolute atomic E-state index is 13.1. The zero-order chi connectivity index (χ0) is 25.2. The highest BCUT2D eigenvalue weighted by atomic mass is 32.2. The van der Waals surface area contributed by atoms with Crippen molar-refractivity contribution in [3.8, 4) is 11.8 Å². The number of benzene rings is 1. The highest BCUT2D eigenvalue weighted by Crippen LogP contribution is 2.41. The second kappa shape index (κ2) is 10.5. The summed E-state index contributed by atoms with van der Waals surface area (Å²) in [4.78, 5) is 22.5. The predicted octanol–water partition coefficient (Wildman–Crippen LogP) is 6.62. The number of ether oxygens (including phenoxy) is 1. The average Bonchev–Trinajstić information content (AvgIpc) is 3.27. The van der Waals surface area contributed by atoms with Crippen molar-refractivity contribution in [1.82, 2.24) is 9.97 Å². The third kappa shape index (κ3) is 5.46. The Kier molecular flexibility index (Phi) is 7.67. The molecule has 0 radical (unpaired) electrons. The molecule has 0 aliphatic heterocycles. The summed E-state index contributed by atoms with van der Waals surface area (Å²) < 4.78 is 6.23. The minimum absolute atomic E-state index is 0.128. The van der Waals surface area contributed by atoms with Gasteiger partial charge in [0.05, 0.1) is 28.1 Å². The first kappa shape index (κ1) is 25.5. The zero-order valence-electron chi connectivity index (χ0n) is 21.0. The first-order valence-electron chi connectivity index (χ1n) is 12.1. The van der Waals surface area contributed by atoms with Gasteiger partial charge >= 0.3 is 0 Å². The molecule has 4 rings (SSSR count). The molecule has 6 nitrogen and oxygen atoms in total. The van der Waals surface area contributed by atoms with Crippen LogP contribution in [0.1, 0.15) is 63.8 Å². The second-order valence-electron chi connectivity index (χ2n) is 9.70. The highest BCUT2D eigenvalue weighted by Gasteiger charge is 2.32. The Bertz CT molecular complexity index is 1280. The van der Waals surface area contributed by atoms with E-state index >= 15 is 0 Å². The summed E-state index contributed by atoms with van der Waals surface area (Å²) in [6.45, 7) is 8.88. The van der Waals surface area contributed by atoms with Crippen LogP contribution in [0.3, 0.4) is 0 Å². The Balaban J connectivity index is 1.51. The van der Waals surface area contributed by atoms with Gasteiger partial charge in [0.2, 0.25) is 5.91 Å². The molecule has 1 N–H and O–H groups in total. The molecule has 2 heterocycles. The Morgan fingerprint density at radius 3 is 2.83 bits per heavy atom. The summed E-state index contributed by atoms with van der Waals surface area (Å²) >= 11 is 2.79. The average molecular weight is 509 g/mol. The van der Waals surface area contributed by atoms with Crippen LogP contribution in [0.4, 0.5) is 5.13 Å². The molecule has 0 saturated carbocycles. The van der Waals surface area contributed by atoms with Crippen molar-refractivity contribution in [1.29, 1.82) is 5.26 Å². The Labute approximate surface area is 215 Å². The number of thioether (sulfide) groups is 1. The first-order valence-corrected chi connectivity index (χ1v) is 13.8. The van der Waals surface area contributed by atoms with Gasteiger partial charge in [-0.1, -0.05) is 57.2 Å². The molecule has 8 heteroatoms. The molecule has 2 aromatic heterocycles. The van der Waals surface area contributed by atoms with Gasteiger partial charge in [0.15, 0.2) is 5.13 Å². The molecule has 0 spiro atoms. The maximum Gasteiger partial charge on any atom is 0.239 e. The van der Waals surface area contributed by atoms with E-state index in [-0.39, 0.29) is 16.6 Å². The zero-order valence-corrected chi connectivity index (χ0v) is 22.6. The Hall–Kier alpha value is -2.63. The van der Waals surface area contributed by atoms with Gasteiger partial charge in [-0.3, -0.25) is 4.79 Å². The van der Waals surface area contributed by atoms with E-state index in [2.05, 4.69) is 37.1 Å². The van der Waals surface area contributed by atoms with Crippen LogP contribution in [0.25, 0.3) is 10.2 Å². The maximum atomic E-state index is 13.1. The molecule has 2 atom stereocenters. The van der Waals surface area contributed by atoms with E-state index in [1.54, 1.807) is 7.11 Å². The van der Waals surface area contributed by atoms with E-state index < -0.39 is 0 Å². The van der Waals surface area contributed by atoms with Gasteiger partial charge in [0.1, 0.15) is 16.8 Å². The molecule has 1 aliphatic rings. The van der Waals surface area contributed by atoms with E-state index in [1.807, 2.05) is 31.2 Å². The van der Waals surface area contributed by atoms with E-state index in [0.29, 0.717) is 28.1 Å². The smallest absolute Gasteiger partial charge is 0.239 e. The number of rotatable bonds is 8. The van der Waals surface area contributed by atoms with E-state index in [9.17, 15) is 10.1 Å². The van der Waals surface area contributed by atoms with Crippen molar-refractivity contribution in [2.24, 2.45) is 11.3 Å². The molecule has 1 aromatic carbocycles. The summed E-state index contributed by atoms with van der Waals surface area (Å²) in [7, 11) is 1.63. The van der Waals surface area contributed by atoms with E-state index in [4.69, 9.17) is 9.72 Å². The summed E-state index contributed by atoms with van der Waals surface area (Å²) in [5, 5.41) is 13.7. The van der Waals surface area contributed by atoms with Gasteiger partial charge in [0, 0.05) is 5.69 Å². The van der Waals surface area contributed by atoms with Gasteiger partial charge in [-0.25, -0.2) is 9.97 Å². The fraction of sp³-hybridized carbons (Fsp3) is 0.481. The number of anilines is 1. The molecule has 2 unspecified atom stereocenters. The minimum Gasteiger partial charge on any atom is -0.497 e. The summed E-state index contributed by atoms with van der Waals surface area (Å²) in [6, 6.07) is 9.98. The van der Waals surface area contributed by atoms with Crippen LogP contribution < -0.4 is 10.1 Å². The summed E-state index contributed by atoms with van der Waals surface area (Å²) in [5.74, 6) is 1.22. The van der Waals surface area contributed by atoms with E-state index in [0.717, 1.165) is 47.3 Å². The minimum atomic E-state index is -0.371. The number of thiazole rings is 1. The van der Waals surface area contributed by atoms with Gasteiger partial charge in [0.25, 0.3) is 0 Å². The summed E-state index contributed by atoms with van der Waals surface area (Å²) in [6.07, 6.45) is 4.74. The highest BCUT2D eigenvalue weighted by molar-refractivity contribution is 8.00. The van der Waals surface area contributed by atoms with Crippen LogP contribution in [0, 0.1) is 22.7 Å². The van der Waals surface area contributed by atoms with Crippen molar-refractivity contribution in [3.05, 3.63) is 41.1 Å². The number of carbonyl (C=O) groups is 1. The first-order chi connectivity index (χ1) is 16.8. The number of amides is 1. The van der Waals surface area contributed by atoms with Crippen molar-refractivity contribution in [2.45, 2.75) is 70.1 Å². The van der Waals surface area contributed by atoms with Crippen LogP contribution >= 0.6 is 23.1 Å². The molecular formula is C27H32N4O2S2. The molecule has 0 saturated heterocycles. The quantitative estimate of drug-likeness (QED) is 0.344.